The van der Waals surface area contributed by atoms with Crippen molar-refractivity contribution < 1.29 is 9.53 Å². The Bertz CT molecular complexity index is 1300. The van der Waals surface area contributed by atoms with Crippen molar-refractivity contribution in [3.8, 4) is 11.4 Å². The zero-order chi connectivity index (χ0) is 23.7. The van der Waals surface area contributed by atoms with E-state index in [2.05, 4.69) is 56.9 Å². The van der Waals surface area contributed by atoms with Gasteiger partial charge in [0.15, 0.2) is 0 Å². The SMILES string of the molecule is CC(C)(C)OC(=O)C1CCN(CCn2c(-c3ccccc3)nc3cnc4ccccc4c32)CC1. The number of rotatable bonds is 5. The van der Waals surface area contributed by atoms with Gasteiger partial charge in [0.25, 0.3) is 0 Å². The minimum Gasteiger partial charge on any atom is -0.460 e. The molecule has 5 rings (SSSR count). The maximum atomic E-state index is 12.5. The zero-order valence-electron chi connectivity index (χ0n) is 20.2. The molecule has 2 aromatic heterocycles. The number of likely N-dealkylation sites (tertiary alicyclic amines) is 1. The number of aromatic nitrogens is 3. The molecule has 3 heterocycles. The van der Waals surface area contributed by atoms with Crippen molar-refractivity contribution in [1.29, 1.82) is 0 Å². The normalized spacial score (nSPS) is 15.7. The molecule has 1 saturated heterocycles. The molecule has 0 atom stereocenters. The Kier molecular flexibility index (Phi) is 6.09. The quantitative estimate of drug-likeness (QED) is 0.381. The van der Waals surface area contributed by atoms with E-state index in [1.807, 2.05) is 39.1 Å². The molecule has 0 N–H and O–H groups in total. The van der Waals surface area contributed by atoms with Gasteiger partial charge < -0.3 is 14.2 Å². The van der Waals surface area contributed by atoms with E-state index < -0.39 is 5.60 Å². The van der Waals surface area contributed by atoms with Gasteiger partial charge in [0.05, 0.1) is 23.1 Å². The molecule has 0 aliphatic carbocycles. The van der Waals surface area contributed by atoms with Crippen molar-refractivity contribution in [2.75, 3.05) is 19.6 Å². The molecule has 0 amide bonds. The number of hydrogen-bond donors (Lipinski definition) is 0. The molecule has 1 aliphatic heterocycles. The van der Waals surface area contributed by atoms with E-state index in [1.54, 1.807) is 0 Å². The molecular weight excluding hydrogens is 424 g/mol. The summed E-state index contributed by atoms with van der Waals surface area (Å²) in [5.74, 6) is 0.912. The molecule has 0 radical (unpaired) electrons. The minimum atomic E-state index is -0.428. The van der Waals surface area contributed by atoms with Crippen LogP contribution in [0.4, 0.5) is 0 Å². The number of nitrogens with zero attached hydrogens (tertiary/aromatic N) is 4. The largest absolute Gasteiger partial charge is 0.460 e. The summed E-state index contributed by atoms with van der Waals surface area (Å²) in [4.78, 5) is 24.5. The fourth-order valence-electron chi connectivity index (χ4n) is 4.81. The van der Waals surface area contributed by atoms with Crippen molar-refractivity contribution in [3.63, 3.8) is 0 Å². The molecular formula is C28H32N4O2. The van der Waals surface area contributed by atoms with E-state index in [9.17, 15) is 4.79 Å². The van der Waals surface area contributed by atoms with Crippen LogP contribution in [-0.4, -0.2) is 50.6 Å². The maximum Gasteiger partial charge on any atom is 0.309 e. The van der Waals surface area contributed by atoms with Gasteiger partial charge in [0, 0.05) is 24.0 Å². The van der Waals surface area contributed by atoms with Crippen molar-refractivity contribution in [2.24, 2.45) is 5.92 Å². The van der Waals surface area contributed by atoms with Crippen molar-refractivity contribution in [1.82, 2.24) is 19.4 Å². The van der Waals surface area contributed by atoms with E-state index in [1.165, 1.54) is 0 Å². The Morgan fingerprint density at radius 2 is 1.68 bits per heavy atom. The minimum absolute atomic E-state index is 0.000511. The molecule has 0 unspecified atom stereocenters. The molecule has 1 fully saturated rings. The van der Waals surface area contributed by atoms with E-state index in [0.717, 1.165) is 72.3 Å². The number of esters is 1. The summed E-state index contributed by atoms with van der Waals surface area (Å²) in [6.45, 7) is 9.32. The monoisotopic (exact) mass is 456 g/mol. The number of fused-ring (bicyclic) bond motifs is 3. The average molecular weight is 457 g/mol. The van der Waals surface area contributed by atoms with Crippen LogP contribution in [0.2, 0.25) is 0 Å². The number of hydrogen-bond acceptors (Lipinski definition) is 5. The zero-order valence-corrected chi connectivity index (χ0v) is 20.2. The number of imidazole rings is 1. The molecule has 1 aliphatic rings. The molecule has 0 spiro atoms. The fourth-order valence-corrected chi connectivity index (χ4v) is 4.81. The number of pyridine rings is 1. The fraction of sp³-hybridized carbons (Fsp3) is 0.393. The van der Waals surface area contributed by atoms with Gasteiger partial charge in [0.1, 0.15) is 16.9 Å². The summed E-state index contributed by atoms with van der Waals surface area (Å²) in [7, 11) is 0. The number of carbonyl (C=O) groups excluding carboxylic acids is 1. The van der Waals surface area contributed by atoms with Crippen LogP contribution >= 0.6 is 0 Å². The summed E-state index contributed by atoms with van der Waals surface area (Å²) < 4.78 is 7.95. The standard InChI is InChI=1S/C28H32N4O2/c1-28(2,3)34-27(33)21-13-15-31(16-14-21)17-18-32-25-22-11-7-8-12-23(22)29-19-24(25)30-26(32)20-9-5-4-6-10-20/h4-12,19,21H,13-18H2,1-3H3. The summed E-state index contributed by atoms with van der Waals surface area (Å²) in [5.41, 5.74) is 3.71. The lowest BCUT2D eigenvalue weighted by Crippen LogP contribution is -2.40. The first-order valence-electron chi connectivity index (χ1n) is 12.1. The van der Waals surface area contributed by atoms with Crippen LogP contribution in [0.25, 0.3) is 33.3 Å². The number of piperidine rings is 1. The third kappa shape index (κ3) is 4.68. The predicted octanol–water partition coefficient (Wildman–Crippen LogP) is 5.31. The van der Waals surface area contributed by atoms with Gasteiger partial charge in [-0.25, -0.2) is 4.98 Å². The molecule has 34 heavy (non-hydrogen) atoms. The summed E-state index contributed by atoms with van der Waals surface area (Å²) in [6, 6.07) is 18.6. The van der Waals surface area contributed by atoms with Gasteiger partial charge in [0.2, 0.25) is 0 Å². The first-order chi connectivity index (χ1) is 16.4. The Morgan fingerprint density at radius 1 is 0.971 bits per heavy atom. The number of carbonyl (C=O) groups is 1. The number of ether oxygens (including phenoxy) is 1. The lowest BCUT2D eigenvalue weighted by Gasteiger charge is -2.32. The van der Waals surface area contributed by atoms with Crippen LogP contribution in [0, 0.1) is 5.92 Å². The molecule has 4 aromatic rings. The number of para-hydroxylation sites is 1. The lowest BCUT2D eigenvalue weighted by molar-refractivity contribution is -0.161. The van der Waals surface area contributed by atoms with Gasteiger partial charge in [-0.1, -0.05) is 48.5 Å². The first-order valence-corrected chi connectivity index (χ1v) is 12.1. The highest BCUT2D eigenvalue weighted by Crippen LogP contribution is 2.30. The van der Waals surface area contributed by atoms with Gasteiger partial charge in [-0.05, 0) is 52.8 Å². The van der Waals surface area contributed by atoms with Gasteiger partial charge >= 0.3 is 5.97 Å². The molecule has 6 heteroatoms. The second kappa shape index (κ2) is 9.18. The van der Waals surface area contributed by atoms with Gasteiger partial charge in [-0.3, -0.25) is 9.78 Å². The molecule has 0 saturated carbocycles. The first kappa shape index (κ1) is 22.5. The van der Waals surface area contributed by atoms with Gasteiger partial charge in [-0.15, -0.1) is 0 Å². The van der Waals surface area contributed by atoms with Gasteiger partial charge in [-0.2, -0.15) is 0 Å². The van der Waals surface area contributed by atoms with Crippen LogP contribution in [-0.2, 0) is 16.1 Å². The molecule has 2 aromatic carbocycles. The molecule has 6 nitrogen and oxygen atoms in total. The van der Waals surface area contributed by atoms with Crippen LogP contribution < -0.4 is 0 Å². The summed E-state index contributed by atoms with van der Waals surface area (Å²) >= 11 is 0. The van der Waals surface area contributed by atoms with Crippen molar-refractivity contribution >= 4 is 27.9 Å². The summed E-state index contributed by atoms with van der Waals surface area (Å²) in [6.07, 6.45) is 3.57. The molecule has 176 valence electrons. The smallest absolute Gasteiger partial charge is 0.309 e. The topological polar surface area (TPSA) is 60.2 Å². The van der Waals surface area contributed by atoms with E-state index in [4.69, 9.17) is 9.72 Å². The number of benzene rings is 2. The van der Waals surface area contributed by atoms with Crippen molar-refractivity contribution in [3.05, 3.63) is 60.8 Å². The Labute approximate surface area is 200 Å². The Balaban J connectivity index is 1.38. The maximum absolute atomic E-state index is 12.5. The highest BCUT2D eigenvalue weighted by molar-refractivity contribution is 6.03. The second-order valence-corrected chi connectivity index (χ2v) is 10.1. The predicted molar refractivity (Wildman–Crippen MR) is 135 cm³/mol. The third-order valence-corrected chi connectivity index (χ3v) is 6.48. The van der Waals surface area contributed by atoms with Crippen LogP contribution in [0.5, 0.6) is 0 Å². The second-order valence-electron chi connectivity index (χ2n) is 10.1. The third-order valence-electron chi connectivity index (χ3n) is 6.48. The average Bonchev–Trinajstić information content (AvgIpc) is 3.22. The highest BCUT2D eigenvalue weighted by Gasteiger charge is 2.29. The summed E-state index contributed by atoms with van der Waals surface area (Å²) in [5, 5.41) is 1.12. The van der Waals surface area contributed by atoms with Crippen LogP contribution in [0.1, 0.15) is 33.6 Å². The lowest BCUT2D eigenvalue weighted by atomic mass is 9.96. The Hall–Kier alpha value is -3.25. The molecule has 0 bridgehead atoms. The van der Waals surface area contributed by atoms with Crippen LogP contribution in [0.15, 0.2) is 60.8 Å². The highest BCUT2D eigenvalue weighted by atomic mass is 16.6. The van der Waals surface area contributed by atoms with E-state index >= 15 is 0 Å². The van der Waals surface area contributed by atoms with E-state index in [-0.39, 0.29) is 11.9 Å². The van der Waals surface area contributed by atoms with Crippen molar-refractivity contribution in [2.45, 2.75) is 45.8 Å². The van der Waals surface area contributed by atoms with E-state index in [0.29, 0.717) is 0 Å². The Morgan fingerprint density at radius 3 is 2.41 bits per heavy atom. The van der Waals surface area contributed by atoms with Crippen LogP contribution in [0.3, 0.4) is 0 Å².